The van der Waals surface area contributed by atoms with Gasteiger partial charge in [0.1, 0.15) is 5.82 Å². The zero-order valence-electron chi connectivity index (χ0n) is 16.4. The van der Waals surface area contributed by atoms with Gasteiger partial charge in [-0.2, -0.15) is 0 Å². The van der Waals surface area contributed by atoms with Crippen molar-refractivity contribution in [3.8, 4) is 0 Å². The predicted octanol–water partition coefficient (Wildman–Crippen LogP) is 4.86. The number of aromatic nitrogens is 1. The first-order chi connectivity index (χ1) is 14.0. The van der Waals surface area contributed by atoms with Gasteiger partial charge in [0.05, 0.1) is 5.92 Å². The Morgan fingerprint density at radius 2 is 1.93 bits per heavy atom. The van der Waals surface area contributed by atoms with E-state index >= 15 is 0 Å². The van der Waals surface area contributed by atoms with Crippen LogP contribution in [0, 0.1) is 12.8 Å². The van der Waals surface area contributed by atoms with Gasteiger partial charge in [-0.3, -0.25) is 14.6 Å². The van der Waals surface area contributed by atoms with Crippen LogP contribution in [0.2, 0.25) is 5.02 Å². The second-order valence-electron chi connectivity index (χ2n) is 7.58. The van der Waals surface area contributed by atoms with Crippen LogP contribution < -0.4 is 5.32 Å². The van der Waals surface area contributed by atoms with E-state index < -0.39 is 11.8 Å². The molecule has 2 aliphatic rings. The lowest BCUT2D eigenvalue weighted by Gasteiger charge is -2.35. The fraction of sp³-hybridized carbons (Fsp3) is 0.304. The molecule has 0 fully saturated rings. The predicted molar refractivity (Wildman–Crippen MR) is 114 cm³/mol. The summed E-state index contributed by atoms with van der Waals surface area (Å²) in [4.78, 5) is 35.2. The van der Waals surface area contributed by atoms with Crippen molar-refractivity contribution in [2.75, 3.05) is 5.32 Å². The second kappa shape index (κ2) is 7.91. The van der Waals surface area contributed by atoms with Crippen molar-refractivity contribution in [3.05, 3.63) is 70.0 Å². The number of pyridine rings is 1. The maximum absolute atomic E-state index is 13.3. The first kappa shape index (κ1) is 19.5. The molecule has 0 saturated carbocycles. The largest absolute Gasteiger partial charge is 0.310 e. The Bertz CT molecular complexity index is 1040. The molecule has 0 spiro atoms. The maximum atomic E-state index is 13.3. The molecule has 1 amide bonds. The lowest BCUT2D eigenvalue weighted by atomic mass is 9.71. The standard InChI is InChI=1S/C23H22ClN3O2/c1-13-10-11-19(25-12-13)27-23(29)20-14(2)26-17-8-5-9-18(28)22(17)21(20)15-6-3-4-7-16(15)24/h3-4,6-7,10-12,20-21H,5,8-9H2,1-2H3,(H,25,27,29)/t20?,21-/m0/s1. The van der Waals surface area contributed by atoms with E-state index in [1.54, 1.807) is 18.3 Å². The lowest BCUT2D eigenvalue weighted by Crippen LogP contribution is -2.39. The van der Waals surface area contributed by atoms with Crippen LogP contribution in [0.1, 0.15) is 43.2 Å². The molecule has 2 aromatic rings. The van der Waals surface area contributed by atoms with Crippen molar-refractivity contribution in [1.82, 2.24) is 4.98 Å². The zero-order valence-corrected chi connectivity index (χ0v) is 17.2. The number of nitrogens with one attached hydrogen (secondary N) is 1. The summed E-state index contributed by atoms with van der Waals surface area (Å²) in [6.07, 6.45) is 3.71. The summed E-state index contributed by atoms with van der Waals surface area (Å²) in [5.41, 5.74) is 3.90. The zero-order chi connectivity index (χ0) is 20.5. The molecule has 1 aromatic carbocycles. The number of aliphatic imine (C=N–C) groups is 1. The number of halogens is 1. The Hall–Kier alpha value is -2.79. The van der Waals surface area contributed by atoms with Crippen LogP contribution in [0.5, 0.6) is 0 Å². The van der Waals surface area contributed by atoms with Crippen LogP contribution >= 0.6 is 11.6 Å². The Balaban J connectivity index is 1.78. The van der Waals surface area contributed by atoms with Gasteiger partial charge >= 0.3 is 0 Å². The molecule has 0 bridgehead atoms. The van der Waals surface area contributed by atoms with Gasteiger partial charge in [-0.1, -0.05) is 35.9 Å². The minimum atomic E-state index is -0.626. The van der Waals surface area contributed by atoms with E-state index in [1.807, 2.05) is 38.1 Å². The van der Waals surface area contributed by atoms with E-state index in [1.165, 1.54) is 0 Å². The van der Waals surface area contributed by atoms with Gasteiger partial charge < -0.3 is 5.32 Å². The number of benzene rings is 1. The number of hydrogen-bond acceptors (Lipinski definition) is 4. The number of Topliss-reactive ketones (excluding diaryl/α,β-unsaturated/α-hetero) is 1. The molecule has 0 saturated heterocycles. The van der Waals surface area contributed by atoms with Gasteiger partial charge in [0.25, 0.3) is 0 Å². The molecule has 1 aliphatic heterocycles. The highest BCUT2D eigenvalue weighted by molar-refractivity contribution is 6.31. The number of anilines is 1. The first-order valence-corrected chi connectivity index (χ1v) is 10.1. The van der Waals surface area contributed by atoms with Crippen molar-refractivity contribution in [3.63, 3.8) is 0 Å². The number of carbonyl (C=O) groups is 2. The van der Waals surface area contributed by atoms with E-state index in [0.717, 1.165) is 29.7 Å². The lowest BCUT2D eigenvalue weighted by molar-refractivity contribution is -0.119. The number of carbonyl (C=O) groups excluding carboxylic acids is 2. The van der Waals surface area contributed by atoms with Crippen LogP contribution in [-0.4, -0.2) is 22.4 Å². The fourth-order valence-corrected chi connectivity index (χ4v) is 4.41. The number of allylic oxidation sites excluding steroid dienone is 2. The van der Waals surface area contributed by atoms with E-state index in [2.05, 4.69) is 15.3 Å². The van der Waals surface area contributed by atoms with Crippen LogP contribution in [0.15, 0.2) is 58.9 Å². The highest BCUT2D eigenvalue weighted by Crippen LogP contribution is 2.45. The van der Waals surface area contributed by atoms with Gasteiger partial charge in [-0.15, -0.1) is 0 Å². The molecule has 4 rings (SSSR count). The SMILES string of the molecule is CC1=NC2=C(C(=O)CCC2)[C@@H](c2ccccc2Cl)C1C(=O)Nc1ccc(C)cn1. The summed E-state index contributed by atoms with van der Waals surface area (Å²) in [6.45, 7) is 3.78. The first-order valence-electron chi connectivity index (χ1n) is 9.75. The molecular weight excluding hydrogens is 386 g/mol. The molecule has 0 radical (unpaired) electrons. The molecule has 1 aliphatic carbocycles. The number of hydrogen-bond donors (Lipinski definition) is 1. The Kier molecular flexibility index (Phi) is 5.33. The second-order valence-corrected chi connectivity index (χ2v) is 7.98. The summed E-state index contributed by atoms with van der Waals surface area (Å²) in [5.74, 6) is -0.787. The van der Waals surface area contributed by atoms with Crippen LogP contribution in [0.3, 0.4) is 0 Å². The average Bonchev–Trinajstić information content (AvgIpc) is 2.69. The molecule has 1 aromatic heterocycles. The summed E-state index contributed by atoms with van der Waals surface area (Å²) >= 11 is 6.51. The third kappa shape index (κ3) is 3.75. The van der Waals surface area contributed by atoms with Crippen molar-refractivity contribution in [1.29, 1.82) is 0 Å². The van der Waals surface area contributed by atoms with Crippen LogP contribution in [0.25, 0.3) is 0 Å². The van der Waals surface area contributed by atoms with Gasteiger partial charge in [0, 0.05) is 40.5 Å². The molecule has 148 valence electrons. The third-order valence-corrected chi connectivity index (χ3v) is 5.86. The van der Waals surface area contributed by atoms with E-state index in [9.17, 15) is 9.59 Å². The summed E-state index contributed by atoms with van der Waals surface area (Å²) in [5, 5.41) is 3.44. The van der Waals surface area contributed by atoms with Crippen molar-refractivity contribution in [2.45, 2.75) is 39.0 Å². The number of aryl methyl sites for hydroxylation is 1. The summed E-state index contributed by atoms with van der Waals surface area (Å²) in [6, 6.07) is 11.1. The molecule has 1 unspecified atom stereocenters. The highest BCUT2D eigenvalue weighted by Gasteiger charge is 2.43. The number of amides is 1. The van der Waals surface area contributed by atoms with E-state index in [-0.39, 0.29) is 11.7 Å². The minimum Gasteiger partial charge on any atom is -0.310 e. The van der Waals surface area contributed by atoms with E-state index in [0.29, 0.717) is 28.5 Å². The highest BCUT2D eigenvalue weighted by atomic mass is 35.5. The molecule has 6 heteroatoms. The molecule has 2 heterocycles. The van der Waals surface area contributed by atoms with Crippen molar-refractivity contribution >= 4 is 34.8 Å². The summed E-state index contributed by atoms with van der Waals surface area (Å²) in [7, 11) is 0. The van der Waals surface area contributed by atoms with Crippen LogP contribution in [0.4, 0.5) is 5.82 Å². The summed E-state index contributed by atoms with van der Waals surface area (Å²) < 4.78 is 0. The van der Waals surface area contributed by atoms with Gasteiger partial charge in [0.2, 0.25) is 5.91 Å². The van der Waals surface area contributed by atoms with Gasteiger partial charge in [-0.25, -0.2) is 4.98 Å². The Morgan fingerprint density at radius 3 is 2.66 bits per heavy atom. The monoisotopic (exact) mass is 407 g/mol. The molecule has 5 nitrogen and oxygen atoms in total. The van der Waals surface area contributed by atoms with Crippen molar-refractivity contribution < 1.29 is 9.59 Å². The van der Waals surface area contributed by atoms with Crippen LogP contribution in [-0.2, 0) is 9.59 Å². The molecule has 1 N–H and O–H groups in total. The quantitative estimate of drug-likeness (QED) is 0.789. The Morgan fingerprint density at radius 1 is 1.14 bits per heavy atom. The number of ketones is 1. The average molecular weight is 408 g/mol. The molecule has 2 atom stereocenters. The maximum Gasteiger partial charge on any atom is 0.235 e. The van der Waals surface area contributed by atoms with Gasteiger partial charge in [0.15, 0.2) is 5.78 Å². The normalized spacial score (nSPS) is 21.5. The van der Waals surface area contributed by atoms with Crippen molar-refractivity contribution in [2.24, 2.45) is 10.9 Å². The van der Waals surface area contributed by atoms with Gasteiger partial charge in [-0.05, 0) is 49.9 Å². The third-order valence-electron chi connectivity index (χ3n) is 5.52. The fourth-order valence-electron chi connectivity index (χ4n) is 4.16. The van der Waals surface area contributed by atoms with E-state index in [4.69, 9.17) is 11.6 Å². The topological polar surface area (TPSA) is 71.4 Å². The smallest absolute Gasteiger partial charge is 0.235 e. The Labute approximate surface area is 174 Å². The number of rotatable bonds is 3. The minimum absolute atomic E-state index is 0.0543. The molecule has 29 heavy (non-hydrogen) atoms. The number of nitrogens with zero attached hydrogens (tertiary/aromatic N) is 2. The molecular formula is C23H22ClN3O2.